The number of hydrogen-bond acceptors (Lipinski definition) is 4. The molecule has 0 aromatic heterocycles. The normalized spacial score (nSPS) is 18.9. The van der Waals surface area contributed by atoms with Crippen molar-refractivity contribution in [3.05, 3.63) is 48.2 Å². The van der Waals surface area contributed by atoms with E-state index in [-0.39, 0.29) is 5.91 Å². The predicted octanol–water partition coefficient (Wildman–Crippen LogP) is 1.84. The summed E-state index contributed by atoms with van der Waals surface area (Å²) in [5.41, 5.74) is 2.03. The molecule has 1 amide bonds. The zero-order valence-electron chi connectivity index (χ0n) is 12.5. The molecule has 0 aliphatic carbocycles. The van der Waals surface area contributed by atoms with Crippen molar-refractivity contribution in [3.63, 3.8) is 0 Å². The van der Waals surface area contributed by atoms with Gasteiger partial charge in [0, 0.05) is 12.2 Å². The molecule has 1 aromatic rings. The summed E-state index contributed by atoms with van der Waals surface area (Å²) in [6.45, 7) is 5.71. The number of amides is 1. The van der Waals surface area contributed by atoms with Gasteiger partial charge >= 0.3 is 5.97 Å². The number of rotatable bonds is 5. The average molecular weight is 299 g/mol. The summed E-state index contributed by atoms with van der Waals surface area (Å²) in [5, 5.41) is 0. The van der Waals surface area contributed by atoms with Crippen LogP contribution in [-0.4, -0.2) is 31.8 Å². The smallest absolute Gasteiger partial charge is 0.324 e. The Hall–Kier alpha value is -2.65. The van der Waals surface area contributed by atoms with Gasteiger partial charge in [0.15, 0.2) is 5.41 Å². The van der Waals surface area contributed by atoms with E-state index in [1.165, 1.54) is 13.2 Å². The van der Waals surface area contributed by atoms with Crippen LogP contribution in [-0.2, 0) is 19.1 Å². The number of carbonyl (C=O) groups is 3. The Labute approximate surface area is 128 Å². The molecule has 0 radical (unpaired) electrons. The van der Waals surface area contributed by atoms with Crippen LogP contribution >= 0.6 is 0 Å². The first-order chi connectivity index (χ1) is 10.6. The van der Waals surface area contributed by atoms with Gasteiger partial charge in [-0.15, -0.1) is 5.73 Å². The molecule has 2 atom stereocenters. The first-order valence-corrected chi connectivity index (χ1v) is 6.89. The Balaban J connectivity index is 2.72. The fourth-order valence-electron chi connectivity index (χ4n) is 2.93. The van der Waals surface area contributed by atoms with E-state index in [0.29, 0.717) is 24.1 Å². The van der Waals surface area contributed by atoms with Gasteiger partial charge in [0.05, 0.1) is 13.0 Å². The molecule has 5 nitrogen and oxygen atoms in total. The molecule has 0 bridgehead atoms. The number of hydrogen-bond donors (Lipinski definition) is 0. The molecule has 0 saturated heterocycles. The lowest BCUT2D eigenvalue weighted by atomic mass is 9.73. The maximum absolute atomic E-state index is 12.8. The van der Waals surface area contributed by atoms with Crippen LogP contribution < -0.4 is 4.90 Å². The molecule has 2 unspecified atom stereocenters. The first kappa shape index (κ1) is 15.7. The largest absolute Gasteiger partial charge is 0.468 e. The SMILES string of the molecule is C=C=CC(C=O)(C(=O)OC)C1C(=O)N(CC)c2ccccc21. The van der Waals surface area contributed by atoms with E-state index in [4.69, 9.17) is 4.74 Å². The van der Waals surface area contributed by atoms with Gasteiger partial charge in [-0.05, 0) is 24.6 Å². The van der Waals surface area contributed by atoms with Crippen LogP contribution in [0.25, 0.3) is 0 Å². The first-order valence-electron chi connectivity index (χ1n) is 6.89. The standard InChI is InChI=1S/C17H17NO4/c1-4-10-17(11-19,16(21)22-3)14-12-8-6-7-9-13(12)18(5-2)15(14)20/h6-11,14H,1,5H2,2-3H3. The third kappa shape index (κ3) is 2.07. The number of esters is 1. The van der Waals surface area contributed by atoms with Gasteiger partial charge in [0.1, 0.15) is 6.29 Å². The molecule has 1 aliphatic heterocycles. The number of anilines is 1. The molecule has 0 saturated carbocycles. The van der Waals surface area contributed by atoms with E-state index in [2.05, 4.69) is 12.3 Å². The highest BCUT2D eigenvalue weighted by Gasteiger charge is 2.54. The van der Waals surface area contributed by atoms with Gasteiger partial charge in [0.25, 0.3) is 0 Å². The highest BCUT2D eigenvalue weighted by atomic mass is 16.5. The van der Waals surface area contributed by atoms with Crippen LogP contribution in [0.1, 0.15) is 18.4 Å². The van der Waals surface area contributed by atoms with Crippen LogP contribution in [0, 0.1) is 5.41 Å². The fraction of sp³-hybridized carbons (Fsp3) is 0.294. The summed E-state index contributed by atoms with van der Waals surface area (Å²) in [5.74, 6) is -2.08. The molecule has 0 N–H and O–H groups in total. The summed E-state index contributed by atoms with van der Waals surface area (Å²) in [6.07, 6.45) is 1.65. The minimum absolute atomic E-state index is 0.312. The molecule has 0 fully saturated rings. The second kappa shape index (κ2) is 6.00. The predicted molar refractivity (Wildman–Crippen MR) is 81.4 cm³/mol. The minimum Gasteiger partial charge on any atom is -0.468 e. The summed E-state index contributed by atoms with van der Waals surface area (Å²) in [7, 11) is 1.18. The number of nitrogens with zero attached hydrogens (tertiary/aromatic N) is 1. The summed E-state index contributed by atoms with van der Waals surface area (Å²) in [4.78, 5) is 38.4. The van der Waals surface area contributed by atoms with Crippen molar-refractivity contribution in [2.45, 2.75) is 12.8 Å². The summed E-state index contributed by atoms with van der Waals surface area (Å²) in [6, 6.07) is 7.11. The van der Waals surface area contributed by atoms with Crippen LogP contribution in [0.2, 0.25) is 0 Å². The Bertz CT molecular complexity index is 675. The molecular formula is C17H17NO4. The zero-order valence-corrected chi connectivity index (χ0v) is 12.5. The monoisotopic (exact) mass is 299 g/mol. The molecular weight excluding hydrogens is 282 g/mol. The molecule has 2 rings (SSSR count). The maximum Gasteiger partial charge on any atom is 0.324 e. The van der Waals surface area contributed by atoms with Crippen LogP contribution in [0.4, 0.5) is 5.69 Å². The topological polar surface area (TPSA) is 63.7 Å². The lowest BCUT2D eigenvalue weighted by Gasteiger charge is -2.27. The highest BCUT2D eigenvalue weighted by molar-refractivity contribution is 6.12. The number of carbonyl (C=O) groups excluding carboxylic acids is 3. The van der Waals surface area contributed by atoms with E-state index < -0.39 is 17.3 Å². The molecule has 1 heterocycles. The molecule has 22 heavy (non-hydrogen) atoms. The van der Waals surface area contributed by atoms with Crippen molar-refractivity contribution in [1.29, 1.82) is 0 Å². The van der Waals surface area contributed by atoms with E-state index in [1.807, 2.05) is 6.92 Å². The molecule has 1 aliphatic rings. The van der Waals surface area contributed by atoms with Crippen molar-refractivity contribution in [3.8, 4) is 0 Å². The third-order valence-corrected chi connectivity index (χ3v) is 3.92. The third-order valence-electron chi connectivity index (χ3n) is 3.92. The molecule has 0 spiro atoms. The van der Waals surface area contributed by atoms with Gasteiger partial charge in [-0.3, -0.25) is 9.59 Å². The lowest BCUT2D eigenvalue weighted by Crippen LogP contribution is -2.43. The number of aldehydes is 1. The van der Waals surface area contributed by atoms with Gasteiger partial charge in [-0.1, -0.05) is 24.8 Å². The number of para-hydroxylation sites is 1. The Morgan fingerprint density at radius 1 is 1.50 bits per heavy atom. The van der Waals surface area contributed by atoms with E-state index >= 15 is 0 Å². The number of fused-ring (bicyclic) bond motifs is 1. The number of methoxy groups -OCH3 is 1. The van der Waals surface area contributed by atoms with Crippen molar-refractivity contribution < 1.29 is 19.1 Å². The second-order valence-electron chi connectivity index (χ2n) is 4.97. The summed E-state index contributed by atoms with van der Waals surface area (Å²) < 4.78 is 4.76. The lowest BCUT2D eigenvalue weighted by molar-refractivity contribution is -0.154. The Morgan fingerprint density at radius 2 is 2.18 bits per heavy atom. The fourth-order valence-corrected chi connectivity index (χ4v) is 2.93. The number of likely N-dealkylation sites (N-methyl/N-ethyl adjacent to an activating group) is 1. The van der Waals surface area contributed by atoms with Crippen LogP contribution in [0.3, 0.4) is 0 Å². The molecule has 114 valence electrons. The van der Waals surface area contributed by atoms with Crippen molar-refractivity contribution in [2.75, 3.05) is 18.6 Å². The van der Waals surface area contributed by atoms with Gasteiger partial charge < -0.3 is 14.4 Å². The van der Waals surface area contributed by atoms with Crippen LogP contribution in [0.15, 0.2) is 42.7 Å². The second-order valence-corrected chi connectivity index (χ2v) is 4.97. The van der Waals surface area contributed by atoms with E-state index in [1.54, 1.807) is 29.2 Å². The maximum atomic E-state index is 12.8. The van der Waals surface area contributed by atoms with Gasteiger partial charge in [0.2, 0.25) is 5.91 Å². The van der Waals surface area contributed by atoms with E-state index in [0.717, 1.165) is 0 Å². The summed E-state index contributed by atoms with van der Waals surface area (Å²) >= 11 is 0. The highest BCUT2D eigenvalue weighted by Crippen LogP contribution is 2.47. The van der Waals surface area contributed by atoms with Gasteiger partial charge in [-0.25, -0.2) is 0 Å². The average Bonchev–Trinajstić information content (AvgIpc) is 2.83. The van der Waals surface area contributed by atoms with Gasteiger partial charge in [-0.2, -0.15) is 0 Å². The zero-order chi connectivity index (χ0) is 16.3. The van der Waals surface area contributed by atoms with Crippen LogP contribution in [0.5, 0.6) is 0 Å². The Kier molecular flexibility index (Phi) is 4.29. The Morgan fingerprint density at radius 3 is 2.73 bits per heavy atom. The molecule has 5 heteroatoms. The van der Waals surface area contributed by atoms with E-state index in [9.17, 15) is 14.4 Å². The van der Waals surface area contributed by atoms with Crippen molar-refractivity contribution in [2.24, 2.45) is 5.41 Å². The van der Waals surface area contributed by atoms with Crippen molar-refractivity contribution >= 4 is 23.9 Å². The quantitative estimate of drug-likeness (QED) is 0.360. The number of benzene rings is 1. The number of ether oxygens (including phenoxy) is 1. The molecule has 1 aromatic carbocycles. The van der Waals surface area contributed by atoms with Crippen molar-refractivity contribution in [1.82, 2.24) is 0 Å². The minimum atomic E-state index is -1.76.